The molecule has 6 nitrogen and oxygen atoms in total. The number of aliphatic hydroxyl groups excluding tert-OH is 1. The maximum atomic E-state index is 14.3. The van der Waals surface area contributed by atoms with Gasteiger partial charge >= 0.3 is 0 Å². The van der Waals surface area contributed by atoms with Crippen LogP contribution in [0.15, 0.2) is 44.8 Å². The summed E-state index contributed by atoms with van der Waals surface area (Å²) in [5, 5.41) is 12.1. The topological polar surface area (TPSA) is 75.4 Å². The highest BCUT2D eigenvalue weighted by Crippen LogP contribution is 2.39. The lowest BCUT2D eigenvalue weighted by Crippen LogP contribution is -2.30. The Bertz CT molecular complexity index is 889. The van der Waals surface area contributed by atoms with E-state index in [1.54, 1.807) is 37.4 Å². The van der Waals surface area contributed by atoms with Gasteiger partial charge < -0.3 is 19.9 Å². The number of fused-ring (bicyclic) bond motifs is 1. The molecule has 0 saturated carbocycles. The summed E-state index contributed by atoms with van der Waals surface area (Å²) in [6, 6.07) is 8.39. The monoisotopic (exact) mass is 435 g/mol. The fourth-order valence-corrected chi connectivity index (χ4v) is 3.09. The van der Waals surface area contributed by atoms with E-state index in [1.807, 2.05) is 0 Å². The Morgan fingerprint density at radius 2 is 2.22 bits per heavy atom. The van der Waals surface area contributed by atoms with Gasteiger partial charge in [-0.1, -0.05) is 6.07 Å². The van der Waals surface area contributed by atoms with E-state index < -0.39 is 5.82 Å². The molecule has 2 aromatic rings. The van der Waals surface area contributed by atoms with Crippen molar-refractivity contribution >= 4 is 39.9 Å². The SMILES string of the molecule is C=Nc1cc2c(cc1C(=NC)Nc1cccc(Br)c1F)OCC(CCO)O2. The Morgan fingerprint density at radius 3 is 2.93 bits per heavy atom. The summed E-state index contributed by atoms with van der Waals surface area (Å²) in [6.07, 6.45) is 0.253. The number of amidine groups is 1. The molecule has 1 atom stereocenters. The van der Waals surface area contributed by atoms with Gasteiger partial charge in [-0.3, -0.25) is 9.98 Å². The van der Waals surface area contributed by atoms with Crippen molar-refractivity contribution in [3.8, 4) is 11.5 Å². The van der Waals surface area contributed by atoms with Gasteiger partial charge in [0, 0.05) is 31.7 Å². The number of rotatable bonds is 5. The number of aliphatic imine (C=N–C) groups is 2. The second kappa shape index (κ2) is 8.49. The van der Waals surface area contributed by atoms with Gasteiger partial charge in [0.1, 0.15) is 18.5 Å². The largest absolute Gasteiger partial charge is 0.486 e. The molecule has 2 aromatic carbocycles. The molecule has 1 heterocycles. The van der Waals surface area contributed by atoms with Crippen LogP contribution in [-0.2, 0) is 0 Å². The van der Waals surface area contributed by atoms with Crippen LogP contribution in [0.3, 0.4) is 0 Å². The van der Waals surface area contributed by atoms with Gasteiger partial charge in [0.2, 0.25) is 0 Å². The van der Waals surface area contributed by atoms with Crippen molar-refractivity contribution < 1.29 is 19.0 Å². The number of aliphatic hydroxyl groups is 1. The van der Waals surface area contributed by atoms with E-state index >= 15 is 0 Å². The van der Waals surface area contributed by atoms with E-state index in [4.69, 9.17) is 14.6 Å². The minimum Gasteiger partial charge on any atom is -0.486 e. The summed E-state index contributed by atoms with van der Waals surface area (Å²) in [7, 11) is 1.60. The average Bonchev–Trinajstić information content (AvgIpc) is 2.68. The summed E-state index contributed by atoms with van der Waals surface area (Å²) in [6.45, 7) is 3.95. The molecular weight excluding hydrogens is 417 g/mol. The number of halogens is 2. The van der Waals surface area contributed by atoms with Crippen LogP contribution in [0.2, 0.25) is 0 Å². The second-order valence-corrected chi connectivity index (χ2v) is 6.69. The van der Waals surface area contributed by atoms with Crippen molar-refractivity contribution in [3.63, 3.8) is 0 Å². The third-order valence-corrected chi connectivity index (χ3v) is 4.70. The summed E-state index contributed by atoms with van der Waals surface area (Å²) in [4.78, 5) is 8.27. The first-order valence-electron chi connectivity index (χ1n) is 8.30. The van der Waals surface area contributed by atoms with Gasteiger partial charge in [0.05, 0.1) is 15.8 Å². The third kappa shape index (κ3) is 4.12. The molecule has 0 aromatic heterocycles. The fraction of sp³-hybridized carbons (Fsp3) is 0.263. The Hall–Kier alpha value is -2.45. The molecule has 27 heavy (non-hydrogen) atoms. The highest BCUT2D eigenvalue weighted by Gasteiger charge is 2.24. The molecule has 0 saturated heterocycles. The maximum Gasteiger partial charge on any atom is 0.163 e. The van der Waals surface area contributed by atoms with E-state index in [2.05, 4.69) is 37.9 Å². The highest BCUT2D eigenvalue weighted by atomic mass is 79.9. The zero-order valence-electron chi connectivity index (χ0n) is 14.7. The molecule has 0 aliphatic carbocycles. The standard InChI is InChI=1S/C19H19BrFN3O3/c1-22-15-9-17-16(26-10-11(27-17)6-7-25)8-12(15)19(23-2)24-14-5-3-4-13(20)18(14)21/h3-5,8-9,11,25H,1,6-7,10H2,2H3,(H,23,24). The molecule has 1 unspecified atom stereocenters. The third-order valence-electron chi connectivity index (χ3n) is 4.09. The van der Waals surface area contributed by atoms with Crippen LogP contribution < -0.4 is 14.8 Å². The lowest BCUT2D eigenvalue weighted by molar-refractivity contribution is 0.0705. The molecule has 1 aliphatic heterocycles. The van der Waals surface area contributed by atoms with Gasteiger partial charge in [-0.25, -0.2) is 4.39 Å². The van der Waals surface area contributed by atoms with Crippen LogP contribution in [0.1, 0.15) is 12.0 Å². The second-order valence-electron chi connectivity index (χ2n) is 5.84. The van der Waals surface area contributed by atoms with E-state index in [-0.39, 0.29) is 18.4 Å². The van der Waals surface area contributed by atoms with E-state index in [9.17, 15) is 4.39 Å². The van der Waals surface area contributed by atoms with Gasteiger partial charge in [-0.15, -0.1) is 0 Å². The molecule has 0 amide bonds. The fourth-order valence-electron chi connectivity index (χ4n) is 2.73. The van der Waals surface area contributed by atoms with Crippen LogP contribution in [-0.4, -0.2) is 44.0 Å². The zero-order chi connectivity index (χ0) is 19.4. The Morgan fingerprint density at radius 1 is 1.41 bits per heavy atom. The molecule has 0 fully saturated rings. The van der Waals surface area contributed by atoms with Crippen molar-refractivity contribution in [1.29, 1.82) is 0 Å². The molecule has 2 N–H and O–H groups in total. The smallest absolute Gasteiger partial charge is 0.163 e. The summed E-state index contributed by atoms with van der Waals surface area (Å²) in [5.74, 6) is 1.05. The first kappa shape index (κ1) is 19.3. The van der Waals surface area contributed by atoms with Gasteiger partial charge in [0.25, 0.3) is 0 Å². The van der Waals surface area contributed by atoms with Gasteiger partial charge in [-0.2, -0.15) is 0 Å². The molecule has 0 spiro atoms. The Balaban J connectivity index is 1.95. The number of benzene rings is 2. The highest BCUT2D eigenvalue weighted by molar-refractivity contribution is 9.10. The minimum atomic E-state index is -0.420. The van der Waals surface area contributed by atoms with Crippen LogP contribution in [0.25, 0.3) is 0 Å². The van der Waals surface area contributed by atoms with Crippen LogP contribution in [0, 0.1) is 5.82 Å². The van der Waals surface area contributed by atoms with Gasteiger partial charge in [-0.05, 0) is 40.8 Å². The van der Waals surface area contributed by atoms with Crippen LogP contribution >= 0.6 is 15.9 Å². The quantitative estimate of drug-likeness (QED) is 0.550. The predicted molar refractivity (Wildman–Crippen MR) is 107 cm³/mol. The molecule has 142 valence electrons. The number of nitrogens with one attached hydrogen (secondary N) is 1. The number of anilines is 1. The Kier molecular flexibility index (Phi) is 6.08. The lowest BCUT2D eigenvalue weighted by atomic mass is 10.1. The van der Waals surface area contributed by atoms with Crippen LogP contribution in [0.4, 0.5) is 15.8 Å². The molecule has 3 rings (SSSR count). The van der Waals surface area contributed by atoms with Crippen molar-refractivity contribution in [2.75, 3.05) is 25.6 Å². The molecule has 0 bridgehead atoms. The maximum absolute atomic E-state index is 14.3. The van der Waals surface area contributed by atoms with Crippen molar-refractivity contribution in [2.24, 2.45) is 9.98 Å². The molecular formula is C19H19BrFN3O3. The van der Waals surface area contributed by atoms with Crippen molar-refractivity contribution in [3.05, 3.63) is 46.2 Å². The molecule has 1 aliphatic rings. The van der Waals surface area contributed by atoms with Crippen molar-refractivity contribution in [1.82, 2.24) is 0 Å². The number of ether oxygens (including phenoxy) is 2. The molecule has 0 radical (unpaired) electrons. The Labute approximate surface area is 164 Å². The molecule has 8 heteroatoms. The predicted octanol–water partition coefficient (Wildman–Crippen LogP) is 3.93. The van der Waals surface area contributed by atoms with Gasteiger partial charge in [0.15, 0.2) is 17.3 Å². The normalized spacial score (nSPS) is 16.1. The number of hydrogen-bond acceptors (Lipinski definition) is 5. The first-order chi connectivity index (χ1) is 13.1. The minimum absolute atomic E-state index is 0.0166. The number of hydrogen-bond donors (Lipinski definition) is 2. The van der Waals surface area contributed by atoms with Crippen molar-refractivity contribution in [2.45, 2.75) is 12.5 Å². The first-order valence-corrected chi connectivity index (χ1v) is 9.10. The summed E-state index contributed by atoms with van der Waals surface area (Å²) >= 11 is 3.17. The van der Waals surface area contributed by atoms with Crippen LogP contribution in [0.5, 0.6) is 11.5 Å². The summed E-state index contributed by atoms with van der Waals surface area (Å²) < 4.78 is 26.3. The average molecular weight is 436 g/mol. The van der Waals surface area contributed by atoms with E-state index in [0.29, 0.717) is 46.1 Å². The zero-order valence-corrected chi connectivity index (χ0v) is 16.3. The summed E-state index contributed by atoms with van der Waals surface area (Å²) in [5.41, 5.74) is 1.40. The van der Waals surface area contributed by atoms with E-state index in [0.717, 1.165) is 0 Å². The lowest BCUT2D eigenvalue weighted by Gasteiger charge is -2.27. The van der Waals surface area contributed by atoms with E-state index in [1.165, 1.54) is 0 Å². The number of nitrogens with zero attached hydrogens (tertiary/aromatic N) is 2.